The molecule has 2 heteroatoms. The van der Waals surface area contributed by atoms with Crippen molar-refractivity contribution in [2.24, 2.45) is 5.92 Å². The quantitative estimate of drug-likeness (QED) is 0.559. The number of hydrogen-bond acceptors (Lipinski definition) is 1. The number of benzene rings is 1. The fraction of sp³-hybridized carbons (Fsp3) is 0.600. The Morgan fingerprint density at radius 2 is 1.86 bits per heavy atom. The summed E-state index contributed by atoms with van der Waals surface area (Å²) in [6, 6.07) is 10.7. The molecular formula is C20H30OSi. The van der Waals surface area contributed by atoms with Gasteiger partial charge in [0.25, 0.3) is 0 Å². The lowest BCUT2D eigenvalue weighted by Gasteiger charge is -2.31. The molecule has 1 aromatic rings. The van der Waals surface area contributed by atoms with Crippen molar-refractivity contribution in [1.82, 2.24) is 0 Å². The van der Waals surface area contributed by atoms with E-state index in [1.807, 2.05) is 0 Å². The van der Waals surface area contributed by atoms with Crippen LogP contribution in [0.3, 0.4) is 0 Å². The van der Waals surface area contributed by atoms with E-state index in [0.717, 1.165) is 25.9 Å². The third kappa shape index (κ3) is 4.48. The molecule has 0 aliphatic carbocycles. The summed E-state index contributed by atoms with van der Waals surface area (Å²) in [5.41, 5.74) is 5.08. The number of hydrogen-bond donors (Lipinski definition) is 0. The lowest BCUT2D eigenvalue weighted by Crippen LogP contribution is -2.36. The van der Waals surface area contributed by atoms with Gasteiger partial charge in [-0.05, 0) is 29.9 Å². The first-order valence-electron chi connectivity index (χ1n) is 8.48. The van der Waals surface area contributed by atoms with Crippen molar-refractivity contribution in [3.8, 4) is 11.5 Å². The van der Waals surface area contributed by atoms with E-state index in [1.165, 1.54) is 5.56 Å². The minimum atomic E-state index is -1.51. The van der Waals surface area contributed by atoms with Crippen LogP contribution in [0.15, 0.2) is 30.3 Å². The lowest BCUT2D eigenvalue weighted by molar-refractivity contribution is 0.0937. The van der Waals surface area contributed by atoms with Crippen LogP contribution in [0.4, 0.5) is 0 Å². The standard InChI is InChI=1S/C20H30OSi/c1-20(2,3)22(4,5)16-14-18-13-15-21-19(18)12-11-17-9-7-6-8-10-17/h6-10,18-19H,11-13,15H2,1-5H3/t18-,19+/m1/s1. The Hall–Kier alpha value is -1.04. The third-order valence-corrected chi connectivity index (χ3v) is 9.73. The maximum absolute atomic E-state index is 5.95. The molecule has 0 saturated carbocycles. The minimum absolute atomic E-state index is 0.317. The average Bonchev–Trinajstić information content (AvgIpc) is 2.90. The molecule has 22 heavy (non-hydrogen) atoms. The van der Waals surface area contributed by atoms with E-state index in [4.69, 9.17) is 4.74 Å². The second kappa shape index (κ2) is 7.02. The van der Waals surface area contributed by atoms with Gasteiger partial charge in [-0.25, -0.2) is 0 Å². The van der Waals surface area contributed by atoms with Crippen LogP contribution in [-0.2, 0) is 11.2 Å². The summed E-state index contributed by atoms with van der Waals surface area (Å²) in [5.74, 6) is 4.03. The second-order valence-corrected chi connectivity index (χ2v) is 13.0. The molecule has 0 radical (unpaired) electrons. The Morgan fingerprint density at radius 1 is 1.18 bits per heavy atom. The molecule has 0 N–H and O–H groups in total. The first kappa shape index (κ1) is 17.3. The van der Waals surface area contributed by atoms with Gasteiger partial charge in [-0.3, -0.25) is 0 Å². The van der Waals surface area contributed by atoms with Crippen molar-refractivity contribution >= 4 is 8.07 Å². The van der Waals surface area contributed by atoms with Crippen molar-refractivity contribution in [2.75, 3.05) is 6.61 Å². The second-order valence-electron chi connectivity index (χ2n) is 7.97. The summed E-state index contributed by atoms with van der Waals surface area (Å²) < 4.78 is 5.95. The fourth-order valence-electron chi connectivity index (χ4n) is 2.51. The monoisotopic (exact) mass is 314 g/mol. The van der Waals surface area contributed by atoms with Gasteiger partial charge in [-0.1, -0.05) is 64.2 Å². The average molecular weight is 315 g/mol. The molecule has 0 bridgehead atoms. The normalized spacial score (nSPS) is 22.2. The van der Waals surface area contributed by atoms with E-state index in [0.29, 0.717) is 17.1 Å². The molecule has 120 valence electrons. The van der Waals surface area contributed by atoms with Gasteiger partial charge >= 0.3 is 0 Å². The van der Waals surface area contributed by atoms with Crippen molar-refractivity contribution in [3.63, 3.8) is 0 Å². The Balaban J connectivity index is 1.97. The van der Waals surface area contributed by atoms with Crippen LogP contribution in [-0.4, -0.2) is 20.8 Å². The Labute approximate surface area is 137 Å². The zero-order valence-electron chi connectivity index (χ0n) is 14.8. The summed E-state index contributed by atoms with van der Waals surface area (Å²) in [5, 5.41) is 0.332. The van der Waals surface area contributed by atoms with E-state index in [1.54, 1.807) is 0 Å². The molecule has 0 unspecified atom stereocenters. The van der Waals surface area contributed by atoms with Gasteiger partial charge in [-0.15, -0.1) is 11.5 Å². The van der Waals surface area contributed by atoms with Crippen LogP contribution in [0, 0.1) is 17.4 Å². The summed E-state index contributed by atoms with van der Waals surface area (Å²) >= 11 is 0. The molecule has 1 heterocycles. The van der Waals surface area contributed by atoms with Crippen molar-refractivity contribution in [2.45, 2.75) is 64.3 Å². The van der Waals surface area contributed by atoms with E-state index >= 15 is 0 Å². The number of aryl methyl sites for hydroxylation is 1. The van der Waals surface area contributed by atoms with Gasteiger partial charge in [0.05, 0.1) is 6.10 Å². The summed E-state index contributed by atoms with van der Waals surface area (Å²) in [7, 11) is -1.51. The molecule has 2 rings (SSSR count). The van der Waals surface area contributed by atoms with Crippen LogP contribution in [0.25, 0.3) is 0 Å². The van der Waals surface area contributed by atoms with E-state index in [9.17, 15) is 0 Å². The summed E-state index contributed by atoms with van der Waals surface area (Å²) in [6.45, 7) is 12.6. The molecule has 1 aliphatic rings. The molecule has 1 nitrogen and oxygen atoms in total. The predicted octanol–water partition coefficient (Wildman–Crippen LogP) is 5.08. The van der Waals surface area contributed by atoms with Gasteiger partial charge in [0, 0.05) is 12.5 Å². The zero-order valence-corrected chi connectivity index (χ0v) is 15.8. The molecule has 0 amide bonds. The van der Waals surface area contributed by atoms with Crippen molar-refractivity contribution in [3.05, 3.63) is 35.9 Å². The van der Waals surface area contributed by atoms with Gasteiger partial charge in [0.2, 0.25) is 0 Å². The van der Waals surface area contributed by atoms with Crippen LogP contribution >= 0.6 is 0 Å². The highest BCUT2D eigenvalue weighted by Crippen LogP contribution is 2.35. The van der Waals surface area contributed by atoms with Gasteiger partial charge in [-0.2, -0.15) is 0 Å². The maximum Gasteiger partial charge on any atom is 0.137 e. The summed E-state index contributed by atoms with van der Waals surface area (Å²) in [6.07, 6.45) is 3.59. The maximum atomic E-state index is 5.95. The molecule has 1 saturated heterocycles. The molecule has 0 spiro atoms. The van der Waals surface area contributed by atoms with Crippen LogP contribution in [0.2, 0.25) is 18.1 Å². The highest BCUT2D eigenvalue weighted by molar-refractivity contribution is 6.87. The Morgan fingerprint density at radius 3 is 2.50 bits per heavy atom. The molecule has 2 atom stereocenters. The minimum Gasteiger partial charge on any atom is -0.377 e. The van der Waals surface area contributed by atoms with Crippen molar-refractivity contribution in [1.29, 1.82) is 0 Å². The zero-order chi connectivity index (χ0) is 16.2. The lowest BCUT2D eigenvalue weighted by atomic mass is 9.97. The first-order chi connectivity index (χ1) is 10.3. The van der Waals surface area contributed by atoms with Gasteiger partial charge in [0.15, 0.2) is 0 Å². The SMILES string of the molecule is CC(C)(C)[Si](C)(C)C#C[C@H]1CCO[C@H]1CCc1ccccc1. The van der Waals surface area contributed by atoms with Crippen molar-refractivity contribution < 1.29 is 4.74 Å². The Kier molecular flexibility index (Phi) is 5.53. The van der Waals surface area contributed by atoms with Crippen LogP contribution in [0.5, 0.6) is 0 Å². The molecule has 0 aromatic heterocycles. The molecule has 1 aromatic carbocycles. The predicted molar refractivity (Wildman–Crippen MR) is 97.6 cm³/mol. The first-order valence-corrected chi connectivity index (χ1v) is 11.5. The van der Waals surface area contributed by atoms with Gasteiger partial charge in [0.1, 0.15) is 8.07 Å². The smallest absolute Gasteiger partial charge is 0.137 e. The molecular weight excluding hydrogens is 284 g/mol. The Bertz CT molecular complexity index is 530. The third-order valence-electron chi connectivity index (χ3n) is 5.21. The van der Waals surface area contributed by atoms with Crippen LogP contribution in [0.1, 0.15) is 39.2 Å². The largest absolute Gasteiger partial charge is 0.377 e. The highest BCUT2D eigenvalue weighted by atomic mass is 28.3. The fourth-order valence-corrected chi connectivity index (χ4v) is 3.43. The summed E-state index contributed by atoms with van der Waals surface area (Å²) in [4.78, 5) is 0. The van der Waals surface area contributed by atoms with E-state index in [-0.39, 0.29) is 0 Å². The number of ether oxygens (including phenoxy) is 1. The topological polar surface area (TPSA) is 9.23 Å². The van der Waals surface area contributed by atoms with Crippen LogP contribution < -0.4 is 0 Å². The van der Waals surface area contributed by atoms with E-state index in [2.05, 4.69) is 75.7 Å². The molecule has 1 aliphatic heterocycles. The van der Waals surface area contributed by atoms with E-state index < -0.39 is 8.07 Å². The molecule has 1 fully saturated rings. The number of rotatable bonds is 3. The highest BCUT2D eigenvalue weighted by Gasteiger charge is 2.34. The van der Waals surface area contributed by atoms with Gasteiger partial charge < -0.3 is 4.74 Å².